The molecule has 0 amide bonds. The lowest BCUT2D eigenvalue weighted by atomic mass is 10.1. The molecule has 18 heavy (non-hydrogen) atoms. The van der Waals surface area contributed by atoms with Crippen LogP contribution in [0.25, 0.3) is 0 Å². The van der Waals surface area contributed by atoms with Crippen molar-refractivity contribution >= 4 is 33.8 Å². The van der Waals surface area contributed by atoms with Gasteiger partial charge in [0.05, 0.1) is 5.02 Å². The van der Waals surface area contributed by atoms with Crippen LogP contribution in [0.15, 0.2) is 16.6 Å². The topological polar surface area (TPSA) is 20.3 Å². The van der Waals surface area contributed by atoms with Gasteiger partial charge >= 0.3 is 0 Å². The largest absolute Gasteiger partial charge is 0.299 e. The molecule has 0 bridgehead atoms. The van der Waals surface area contributed by atoms with Gasteiger partial charge in [-0.05, 0) is 50.4 Å². The van der Waals surface area contributed by atoms with E-state index >= 15 is 0 Å². The Morgan fingerprint density at radius 1 is 1.56 bits per heavy atom. The fourth-order valence-corrected chi connectivity index (χ4v) is 3.17. The zero-order valence-electron chi connectivity index (χ0n) is 10.6. The SMILES string of the molecule is CC(C1CC1)N(C)Cc1cc(Br)cc(Cl)c1C=O. The van der Waals surface area contributed by atoms with Crippen LogP contribution >= 0.6 is 27.5 Å². The highest BCUT2D eigenvalue weighted by Crippen LogP contribution is 2.35. The van der Waals surface area contributed by atoms with Crippen LogP contribution in [0.1, 0.15) is 35.7 Å². The standard InChI is InChI=1S/C14H17BrClNO/c1-9(10-3-4-10)17(2)7-11-5-12(15)6-14(16)13(11)8-18/h5-6,8-10H,3-4,7H2,1-2H3. The number of nitrogens with zero attached hydrogens (tertiary/aromatic N) is 1. The summed E-state index contributed by atoms with van der Waals surface area (Å²) in [4.78, 5) is 13.4. The zero-order valence-corrected chi connectivity index (χ0v) is 13.0. The molecule has 2 nitrogen and oxygen atoms in total. The number of hydrogen-bond acceptors (Lipinski definition) is 2. The molecule has 0 N–H and O–H groups in total. The van der Waals surface area contributed by atoms with E-state index in [0.717, 1.165) is 28.8 Å². The van der Waals surface area contributed by atoms with Crippen molar-refractivity contribution in [3.05, 3.63) is 32.8 Å². The average molecular weight is 331 g/mol. The van der Waals surface area contributed by atoms with Crippen LogP contribution in [0.5, 0.6) is 0 Å². The first kappa shape index (κ1) is 14.0. The number of benzene rings is 1. The van der Waals surface area contributed by atoms with Gasteiger partial charge in [-0.15, -0.1) is 0 Å². The average Bonchev–Trinajstić information content (AvgIpc) is 3.11. The summed E-state index contributed by atoms with van der Waals surface area (Å²) in [6.07, 6.45) is 3.50. The van der Waals surface area contributed by atoms with E-state index in [1.54, 1.807) is 6.07 Å². The van der Waals surface area contributed by atoms with E-state index in [1.165, 1.54) is 12.8 Å². The maximum absolute atomic E-state index is 11.1. The number of carbonyl (C=O) groups excluding carboxylic acids is 1. The first-order chi connectivity index (χ1) is 8.52. The lowest BCUT2D eigenvalue weighted by Gasteiger charge is -2.25. The summed E-state index contributed by atoms with van der Waals surface area (Å²) < 4.78 is 0.917. The molecule has 1 fully saturated rings. The molecular formula is C14H17BrClNO. The predicted molar refractivity (Wildman–Crippen MR) is 78.2 cm³/mol. The molecule has 1 unspecified atom stereocenters. The molecule has 0 aliphatic heterocycles. The molecule has 1 aliphatic rings. The van der Waals surface area contributed by atoms with Crippen molar-refractivity contribution in [2.45, 2.75) is 32.4 Å². The first-order valence-electron chi connectivity index (χ1n) is 6.16. The molecular weight excluding hydrogens is 314 g/mol. The van der Waals surface area contributed by atoms with Gasteiger partial charge in [0.15, 0.2) is 6.29 Å². The monoisotopic (exact) mass is 329 g/mol. The Morgan fingerprint density at radius 2 is 2.22 bits per heavy atom. The molecule has 1 aromatic carbocycles. The van der Waals surface area contributed by atoms with Crippen LogP contribution < -0.4 is 0 Å². The summed E-state index contributed by atoms with van der Waals surface area (Å²) in [7, 11) is 2.10. The Kier molecular flexibility index (Phi) is 4.46. The number of hydrogen-bond donors (Lipinski definition) is 0. The molecule has 0 spiro atoms. The van der Waals surface area contributed by atoms with Crippen molar-refractivity contribution in [2.24, 2.45) is 5.92 Å². The summed E-state index contributed by atoms with van der Waals surface area (Å²) in [5.41, 5.74) is 1.59. The Balaban J connectivity index is 2.19. The Bertz CT molecular complexity index is 459. The van der Waals surface area contributed by atoms with E-state index in [2.05, 4.69) is 34.8 Å². The first-order valence-corrected chi connectivity index (χ1v) is 7.33. The third-order valence-corrected chi connectivity index (χ3v) is 4.49. The van der Waals surface area contributed by atoms with Gasteiger partial charge in [-0.3, -0.25) is 9.69 Å². The third kappa shape index (κ3) is 3.14. The third-order valence-electron chi connectivity index (χ3n) is 3.72. The molecule has 0 aromatic heterocycles. The highest BCUT2D eigenvalue weighted by atomic mass is 79.9. The van der Waals surface area contributed by atoms with Crippen molar-refractivity contribution in [3.8, 4) is 0 Å². The van der Waals surface area contributed by atoms with Gasteiger partial charge < -0.3 is 0 Å². The molecule has 1 aromatic rings. The molecule has 0 heterocycles. The van der Waals surface area contributed by atoms with E-state index in [0.29, 0.717) is 16.6 Å². The second-order valence-electron chi connectivity index (χ2n) is 5.07. The van der Waals surface area contributed by atoms with Crippen LogP contribution in [-0.2, 0) is 6.54 Å². The molecule has 2 rings (SSSR count). The quantitative estimate of drug-likeness (QED) is 0.756. The van der Waals surface area contributed by atoms with Gasteiger partial charge in [0.2, 0.25) is 0 Å². The summed E-state index contributed by atoms with van der Waals surface area (Å²) in [5.74, 6) is 0.817. The molecule has 98 valence electrons. The summed E-state index contributed by atoms with van der Waals surface area (Å²) >= 11 is 9.52. The maximum atomic E-state index is 11.1. The van der Waals surface area contributed by atoms with Crippen LogP contribution in [-0.4, -0.2) is 24.3 Å². The van der Waals surface area contributed by atoms with Crippen molar-refractivity contribution in [1.82, 2.24) is 4.90 Å². The highest BCUT2D eigenvalue weighted by molar-refractivity contribution is 9.10. The van der Waals surface area contributed by atoms with Crippen LogP contribution in [0.3, 0.4) is 0 Å². The van der Waals surface area contributed by atoms with Crippen molar-refractivity contribution in [3.63, 3.8) is 0 Å². The highest BCUT2D eigenvalue weighted by Gasteiger charge is 2.30. The minimum Gasteiger partial charge on any atom is -0.299 e. The maximum Gasteiger partial charge on any atom is 0.151 e. The zero-order chi connectivity index (χ0) is 13.3. The van der Waals surface area contributed by atoms with Crippen LogP contribution in [0, 0.1) is 5.92 Å². The molecule has 0 saturated heterocycles. The van der Waals surface area contributed by atoms with Crippen molar-refractivity contribution in [1.29, 1.82) is 0 Å². The van der Waals surface area contributed by atoms with Gasteiger partial charge in [-0.2, -0.15) is 0 Å². The molecule has 1 aliphatic carbocycles. The van der Waals surface area contributed by atoms with Gasteiger partial charge in [0.1, 0.15) is 0 Å². The number of carbonyl (C=O) groups is 1. The van der Waals surface area contributed by atoms with Gasteiger partial charge in [-0.1, -0.05) is 27.5 Å². The lowest BCUT2D eigenvalue weighted by molar-refractivity contribution is 0.112. The van der Waals surface area contributed by atoms with Gasteiger partial charge in [-0.25, -0.2) is 0 Å². The molecule has 4 heteroatoms. The number of rotatable bonds is 5. The van der Waals surface area contributed by atoms with E-state index in [4.69, 9.17) is 11.6 Å². The van der Waals surface area contributed by atoms with E-state index in [1.807, 2.05) is 6.07 Å². The smallest absolute Gasteiger partial charge is 0.151 e. The molecule has 1 atom stereocenters. The molecule has 0 radical (unpaired) electrons. The summed E-state index contributed by atoms with van der Waals surface area (Å²) in [6.45, 7) is 3.00. The Labute approximate surface area is 121 Å². The van der Waals surface area contributed by atoms with Gasteiger partial charge in [0.25, 0.3) is 0 Å². The predicted octanol–water partition coefficient (Wildman–Crippen LogP) is 4.15. The summed E-state index contributed by atoms with van der Waals surface area (Å²) in [5, 5.41) is 0.516. The van der Waals surface area contributed by atoms with Gasteiger partial charge in [0, 0.05) is 22.6 Å². The van der Waals surface area contributed by atoms with E-state index < -0.39 is 0 Å². The minimum absolute atomic E-state index is 0.516. The second kappa shape index (κ2) is 5.72. The fraction of sp³-hybridized carbons (Fsp3) is 0.500. The Morgan fingerprint density at radius 3 is 2.78 bits per heavy atom. The van der Waals surface area contributed by atoms with Crippen LogP contribution in [0.4, 0.5) is 0 Å². The minimum atomic E-state index is 0.516. The normalized spacial score (nSPS) is 16.9. The fourth-order valence-electron chi connectivity index (χ4n) is 2.25. The summed E-state index contributed by atoms with van der Waals surface area (Å²) in [6, 6.07) is 4.30. The van der Waals surface area contributed by atoms with E-state index in [9.17, 15) is 4.79 Å². The lowest BCUT2D eigenvalue weighted by Crippen LogP contribution is -2.30. The Hall–Kier alpha value is -0.380. The number of aldehydes is 1. The van der Waals surface area contributed by atoms with Crippen molar-refractivity contribution in [2.75, 3.05) is 7.05 Å². The van der Waals surface area contributed by atoms with Crippen LogP contribution in [0.2, 0.25) is 5.02 Å². The van der Waals surface area contributed by atoms with E-state index in [-0.39, 0.29) is 0 Å². The number of halogens is 2. The second-order valence-corrected chi connectivity index (χ2v) is 6.39. The molecule has 1 saturated carbocycles. The van der Waals surface area contributed by atoms with Crippen molar-refractivity contribution < 1.29 is 4.79 Å².